The molecule has 2 aliphatic rings. The number of amides is 2. The van der Waals surface area contributed by atoms with Gasteiger partial charge in [-0.3, -0.25) is 19.2 Å². The molecule has 10 rings (SSSR count). The Bertz CT molecular complexity index is 5050. The van der Waals surface area contributed by atoms with Crippen LogP contribution in [0.15, 0.2) is 165 Å². The van der Waals surface area contributed by atoms with Crippen molar-refractivity contribution < 1.29 is 73.5 Å². The molecule has 2 aliphatic carbocycles. The number of aromatic nitrogens is 4. The van der Waals surface area contributed by atoms with Crippen molar-refractivity contribution in [3.63, 3.8) is 0 Å². The van der Waals surface area contributed by atoms with E-state index in [1.54, 1.807) is 13.8 Å². The molecule has 2 amide bonds. The van der Waals surface area contributed by atoms with Gasteiger partial charge in [0.2, 0.25) is 11.8 Å². The zero-order valence-corrected chi connectivity index (χ0v) is 53.4. The third kappa shape index (κ3) is 19.2. The zero-order chi connectivity index (χ0) is 86.8. The van der Waals surface area contributed by atoms with Gasteiger partial charge in [-0.1, -0.05) is 155 Å². The molecule has 12 nitrogen and oxygen atoms in total. The lowest BCUT2D eigenvalue weighted by Gasteiger charge is -2.28. The Kier molecular flexibility index (Phi) is 16.5. The Balaban J connectivity index is 0.000000266. The predicted octanol–water partition coefficient (Wildman–Crippen LogP) is 14.7. The van der Waals surface area contributed by atoms with Gasteiger partial charge in [0.05, 0.1) is 22.1 Å². The molecule has 6 aromatic carbocycles. The molecule has 0 N–H and O–H groups in total. The number of benzene rings is 6. The van der Waals surface area contributed by atoms with Crippen molar-refractivity contribution in [2.75, 3.05) is 52.2 Å². The Morgan fingerprint density at radius 2 is 0.874 bits per heavy atom. The Labute approximate surface area is 586 Å². The number of fused-ring (bicyclic) bond motifs is 2. The highest BCUT2D eigenvalue weighted by Gasteiger charge is 2.33. The average molecular weight is 1370 g/mol. The number of thioether (sulfide) groups is 2. The van der Waals surface area contributed by atoms with Gasteiger partial charge in [0.1, 0.15) is 24.6 Å². The fraction of sp³-hybridized carbons (Fsp3) is 0.370. The number of carbonyl (C=O) groups is 2. The van der Waals surface area contributed by atoms with Gasteiger partial charge in [-0.05, 0) is 157 Å². The number of halogens is 8. The predicted molar refractivity (Wildman–Crippen MR) is 358 cm³/mol. The minimum atomic E-state index is -4.59. The second kappa shape index (κ2) is 32.7. The topological polar surface area (TPSA) is 117 Å². The van der Waals surface area contributed by atoms with E-state index in [1.165, 1.54) is 98.8 Å². The SMILES string of the molecule is [2H]C([2H])(Sc1nc(=O)c2c(n1C([2H])([2H])C(=O)N(Cc1ccc(-c3ccc(C(F)(F)F)cc3)cc1)C([2H])([2H])C([2H])([2H])N(CC)CC)C([2H])([2H])C([2H])(C)C2([2H])[2H])c1ccc(F)cc1.[2H]C([2H])(Sc1nc(=O)c2c(n1C([2H])([2H])C(=O)N(Cc1ccc(-c3ccc(C(F)(F)F)cc3)cc1)C([2H])([2H])C([2H])([2H])N(CC)CC)CCC2)c1ccc(F)cc1. The van der Waals surface area contributed by atoms with Crippen LogP contribution in [0.1, 0.15) is 126 Å². The maximum atomic E-state index is 15.0. The second-order valence-electron chi connectivity index (χ2n) is 21.2. The highest BCUT2D eigenvalue weighted by Crippen LogP contribution is 2.35. The van der Waals surface area contributed by atoms with Crippen LogP contribution in [-0.4, -0.2) is 103 Å². The molecule has 8 aromatic rings. The standard InChI is InChI=1S/C37H40F4N4O2S.C36H38F4N4O2S/c1-4-43(5-2)18-19-44(22-26-6-10-28(11-7-26)29-12-14-30(15-13-29)37(39,40)41)34(46)23-45-33-21-25(3)20-32(33)35(47)42-36(45)48-24-27-8-16-31(38)17-9-27;1-3-42(4-2)20-21-43(22-25-8-12-27(13-9-25)28-14-16-29(17-15-28)36(38,39)40)33(45)23-44-32-7-5-6-31(32)34(46)41-35(44)47-24-26-10-18-30(37)19-11-26/h6-17,25H,4-5,18-24H2,1-3H3;8-19H,3-7,20-24H2,1-2H3/i18D2,19D2,20D2,21D2,23D2,24D2,25D;20D2,21D2,23D2,24D2. The number of hydrogen-bond donors (Lipinski definition) is 0. The lowest BCUT2D eigenvalue weighted by molar-refractivity contribution is -0.138. The number of hydrogen-bond acceptors (Lipinski definition) is 10. The van der Waals surface area contributed by atoms with E-state index in [9.17, 15) is 57.7 Å². The molecular formula is C73H78F8N8O4S2. The van der Waals surface area contributed by atoms with E-state index < -0.39 is 162 Å². The highest BCUT2D eigenvalue weighted by molar-refractivity contribution is 7.98. The van der Waals surface area contributed by atoms with Crippen LogP contribution in [0.2, 0.25) is 0 Å². The first-order valence-electron chi connectivity index (χ1n) is 40.3. The minimum Gasteiger partial charge on any atom is -0.336 e. The van der Waals surface area contributed by atoms with Crippen molar-refractivity contribution in [2.24, 2.45) is 5.89 Å². The van der Waals surface area contributed by atoms with Crippen LogP contribution in [0.4, 0.5) is 35.1 Å². The molecule has 0 radical (unpaired) electrons. The van der Waals surface area contributed by atoms with E-state index in [0.29, 0.717) is 45.3 Å². The van der Waals surface area contributed by atoms with E-state index in [-0.39, 0.29) is 93.8 Å². The van der Waals surface area contributed by atoms with Crippen LogP contribution < -0.4 is 11.1 Å². The van der Waals surface area contributed by atoms with Gasteiger partial charge in [-0.15, -0.1) is 0 Å². The summed E-state index contributed by atoms with van der Waals surface area (Å²) >= 11 is 0.275. The number of carbonyl (C=O) groups excluding carboxylic acids is 2. The van der Waals surface area contributed by atoms with Crippen LogP contribution >= 0.6 is 23.5 Å². The molecular weight excluding hydrogens is 1270 g/mol. The molecule has 0 saturated heterocycles. The van der Waals surface area contributed by atoms with E-state index in [4.69, 9.17) is 20.6 Å². The summed E-state index contributed by atoms with van der Waals surface area (Å²) in [6.45, 7) is -14.6. The summed E-state index contributed by atoms with van der Waals surface area (Å²) in [5.74, 6) is -7.77. The molecule has 95 heavy (non-hydrogen) atoms. The summed E-state index contributed by atoms with van der Waals surface area (Å²) < 4.78 is 296. The van der Waals surface area contributed by atoms with Crippen molar-refractivity contribution in [3.8, 4) is 22.3 Å². The first kappa shape index (κ1) is 47.9. The summed E-state index contributed by atoms with van der Waals surface area (Å²) in [4.78, 5) is 67.0. The molecule has 1 atom stereocenters. The van der Waals surface area contributed by atoms with Crippen molar-refractivity contribution >= 4 is 35.3 Å². The summed E-state index contributed by atoms with van der Waals surface area (Å²) in [6, 6.07) is 28.3. The maximum absolute atomic E-state index is 15.0. The molecule has 502 valence electrons. The van der Waals surface area contributed by atoms with E-state index >= 15 is 4.79 Å². The lowest BCUT2D eigenvalue weighted by atomic mass is 10.0. The molecule has 2 heterocycles. The minimum absolute atomic E-state index is 0.0240. The number of nitrogens with zero attached hydrogens (tertiary/aromatic N) is 8. The van der Waals surface area contributed by atoms with Gasteiger partial charge in [-0.25, -0.2) is 8.78 Å². The number of alkyl halides is 6. The summed E-state index contributed by atoms with van der Waals surface area (Å²) in [6.07, 6.45) is -15.0. The van der Waals surface area contributed by atoms with Gasteiger partial charge in [-0.2, -0.15) is 36.3 Å². The maximum Gasteiger partial charge on any atom is 0.416 e. The van der Waals surface area contributed by atoms with Crippen molar-refractivity contribution in [2.45, 2.75) is 127 Å². The number of rotatable bonds is 26. The van der Waals surface area contributed by atoms with Crippen LogP contribution in [0, 0.1) is 17.5 Å². The second-order valence-corrected chi connectivity index (χ2v) is 22.8. The molecule has 0 fully saturated rings. The quantitative estimate of drug-likeness (QED) is 0.0295. The molecule has 0 spiro atoms. The molecule has 0 saturated carbocycles. The fourth-order valence-corrected chi connectivity index (χ4v) is 11.0. The first-order valence-corrected chi connectivity index (χ1v) is 31.4. The Hall–Kier alpha value is -7.92. The summed E-state index contributed by atoms with van der Waals surface area (Å²) in [7, 11) is 0. The monoisotopic (exact) mass is 1370 g/mol. The lowest BCUT2D eigenvalue weighted by Crippen LogP contribution is -2.40. The molecule has 22 heteroatoms. The third-order valence-corrected chi connectivity index (χ3v) is 16.4. The van der Waals surface area contributed by atoms with E-state index in [2.05, 4.69) is 9.97 Å². The Morgan fingerprint density at radius 3 is 1.25 bits per heavy atom. The molecule has 0 aliphatic heterocycles. The normalized spacial score (nSPS) is 19.9. The third-order valence-electron chi connectivity index (χ3n) is 14.8. The van der Waals surface area contributed by atoms with Crippen LogP contribution in [-0.2, 0) is 85.0 Å². The van der Waals surface area contributed by atoms with Gasteiger partial charge in [0, 0.05) is 90.8 Å². The molecule has 1 unspecified atom stereocenters. The van der Waals surface area contributed by atoms with Crippen LogP contribution in [0.3, 0.4) is 0 Å². The first-order chi connectivity index (χ1) is 53.4. The Morgan fingerprint density at radius 1 is 0.516 bits per heavy atom. The van der Waals surface area contributed by atoms with E-state index in [1.807, 2.05) is 0 Å². The molecule has 0 bridgehead atoms. The van der Waals surface area contributed by atoms with E-state index in [0.717, 1.165) is 82.0 Å². The molecule has 2 aromatic heterocycles. The number of likely N-dealkylation sites (N-methyl/N-ethyl adjacent to an activating group) is 2. The van der Waals surface area contributed by atoms with Gasteiger partial charge >= 0.3 is 12.4 Å². The van der Waals surface area contributed by atoms with Crippen LogP contribution in [0.5, 0.6) is 0 Å². The van der Waals surface area contributed by atoms with Gasteiger partial charge < -0.3 is 28.7 Å². The van der Waals surface area contributed by atoms with Gasteiger partial charge in [0.25, 0.3) is 11.1 Å². The van der Waals surface area contributed by atoms with Crippen molar-refractivity contribution in [3.05, 3.63) is 234 Å². The van der Waals surface area contributed by atoms with Crippen molar-refractivity contribution in [1.29, 1.82) is 0 Å². The smallest absolute Gasteiger partial charge is 0.336 e. The fourth-order valence-electron chi connectivity index (χ4n) is 9.59. The van der Waals surface area contributed by atoms with Crippen molar-refractivity contribution in [1.82, 2.24) is 38.7 Å². The van der Waals surface area contributed by atoms with Gasteiger partial charge in [0.15, 0.2) is 10.3 Å². The summed E-state index contributed by atoms with van der Waals surface area (Å²) in [5, 5.41) is -1.59. The summed E-state index contributed by atoms with van der Waals surface area (Å²) in [5.41, 5.74) is -9.76. The zero-order valence-electron chi connectivity index (χ0n) is 72.8. The largest absolute Gasteiger partial charge is 0.416 e. The van der Waals surface area contributed by atoms with Crippen LogP contribution in [0.25, 0.3) is 22.3 Å². The highest BCUT2D eigenvalue weighted by atomic mass is 32.2. The average Bonchev–Trinajstić information content (AvgIpc) is 1.51.